The number of hydrogen-bond donors (Lipinski definition) is 3. The van der Waals surface area contributed by atoms with E-state index >= 15 is 0 Å². The normalized spacial score (nSPS) is 18.1. The molecule has 1 fully saturated rings. The molecule has 5 rings (SSSR count). The number of halogens is 1. The number of rotatable bonds is 7. The number of anilines is 1. The molecule has 0 spiro atoms. The minimum atomic E-state index is -0.709. The fraction of sp³-hybridized carbons (Fsp3) is 0.250. The lowest BCUT2D eigenvalue weighted by molar-refractivity contribution is -0.213. The van der Waals surface area contributed by atoms with Gasteiger partial charge in [-0.25, -0.2) is 19.3 Å². The molecule has 0 bridgehead atoms. The summed E-state index contributed by atoms with van der Waals surface area (Å²) in [5.74, 6) is 0.489. The average Bonchev–Trinajstić information content (AvgIpc) is 3.34. The Morgan fingerprint density at radius 1 is 1.00 bits per heavy atom. The fourth-order valence-corrected chi connectivity index (χ4v) is 3.57. The van der Waals surface area contributed by atoms with E-state index in [4.69, 9.17) is 14.5 Å². The lowest BCUT2D eigenvalue weighted by atomic mass is 10.1. The number of aliphatic hydroxyl groups excluding tert-OH is 1. The van der Waals surface area contributed by atoms with Crippen LogP contribution < -0.4 is 5.32 Å². The smallest absolute Gasteiger partial charge is 0.223 e. The van der Waals surface area contributed by atoms with Crippen molar-refractivity contribution in [3.8, 4) is 22.6 Å². The molecule has 3 N–H and O–H groups in total. The molecule has 0 amide bonds. The summed E-state index contributed by atoms with van der Waals surface area (Å²) in [4.78, 5) is 21.2. The van der Waals surface area contributed by atoms with Crippen molar-refractivity contribution in [2.45, 2.75) is 12.8 Å². The van der Waals surface area contributed by atoms with Gasteiger partial charge in [0.05, 0.1) is 49.1 Å². The van der Waals surface area contributed by atoms with Crippen molar-refractivity contribution < 1.29 is 19.0 Å². The van der Waals surface area contributed by atoms with Crippen LogP contribution in [0.15, 0.2) is 60.9 Å². The Kier molecular flexibility index (Phi) is 6.52. The first-order valence-corrected chi connectivity index (χ1v) is 10.9. The summed E-state index contributed by atoms with van der Waals surface area (Å²) in [6.45, 7) is 1.18. The molecular formula is C24H23FN6O3. The van der Waals surface area contributed by atoms with E-state index in [0.29, 0.717) is 54.2 Å². The molecule has 0 unspecified atom stereocenters. The van der Waals surface area contributed by atoms with E-state index in [1.165, 1.54) is 12.1 Å². The van der Waals surface area contributed by atoms with E-state index in [1.807, 2.05) is 18.2 Å². The van der Waals surface area contributed by atoms with Crippen LogP contribution >= 0.6 is 0 Å². The van der Waals surface area contributed by atoms with Gasteiger partial charge in [-0.05, 0) is 42.5 Å². The third-order valence-electron chi connectivity index (χ3n) is 5.35. The van der Waals surface area contributed by atoms with Gasteiger partial charge in [-0.2, -0.15) is 0 Å². The zero-order valence-electron chi connectivity index (χ0n) is 18.2. The van der Waals surface area contributed by atoms with Crippen LogP contribution in [0.2, 0.25) is 0 Å². The molecule has 174 valence electrons. The van der Waals surface area contributed by atoms with Crippen LogP contribution in [0.1, 0.15) is 17.8 Å². The zero-order valence-corrected chi connectivity index (χ0v) is 18.2. The van der Waals surface area contributed by atoms with Crippen LogP contribution in [-0.4, -0.2) is 49.8 Å². The van der Waals surface area contributed by atoms with E-state index in [9.17, 15) is 9.50 Å². The molecule has 1 aliphatic heterocycles. The van der Waals surface area contributed by atoms with Gasteiger partial charge in [0, 0.05) is 23.9 Å². The Balaban J connectivity index is 1.46. The lowest BCUT2D eigenvalue weighted by Gasteiger charge is -2.26. The summed E-state index contributed by atoms with van der Waals surface area (Å²) in [5, 5.41) is 12.5. The minimum absolute atomic E-state index is 0.00777. The Bertz CT molecular complexity index is 1230. The number of imidazole rings is 1. The Morgan fingerprint density at radius 3 is 2.56 bits per heavy atom. The van der Waals surface area contributed by atoms with Crippen LogP contribution in [0.3, 0.4) is 0 Å². The molecule has 0 atom stereocenters. The van der Waals surface area contributed by atoms with Crippen LogP contribution in [0.25, 0.3) is 22.6 Å². The molecule has 10 heteroatoms. The van der Waals surface area contributed by atoms with Gasteiger partial charge < -0.3 is 24.9 Å². The number of H-pyrrole nitrogens is 1. The Hall–Kier alpha value is -3.73. The highest BCUT2D eigenvalue weighted by Crippen LogP contribution is 2.33. The first kappa shape index (κ1) is 22.1. The zero-order chi connectivity index (χ0) is 23.3. The van der Waals surface area contributed by atoms with Crippen LogP contribution in [-0.2, 0) is 16.0 Å². The molecule has 1 saturated heterocycles. The molecule has 0 aliphatic carbocycles. The number of nitrogens with one attached hydrogen (secondary N) is 2. The van der Waals surface area contributed by atoms with Crippen molar-refractivity contribution in [3.63, 3.8) is 0 Å². The number of benzene rings is 1. The minimum Gasteiger partial charge on any atom is -0.396 e. The second kappa shape index (κ2) is 10.0. The molecule has 9 nitrogen and oxygen atoms in total. The highest BCUT2D eigenvalue weighted by Gasteiger charge is 2.27. The predicted molar refractivity (Wildman–Crippen MR) is 122 cm³/mol. The molecular weight excluding hydrogens is 439 g/mol. The SMILES string of the molecule is OCC1COC(c2nc(-c3ccc(F)cc3)c(-c3ccnc(NCc4ccccn4)n3)[nH]2)OC1. The maximum atomic E-state index is 13.5. The summed E-state index contributed by atoms with van der Waals surface area (Å²) in [7, 11) is 0. The highest BCUT2D eigenvalue weighted by atomic mass is 19.1. The van der Waals surface area contributed by atoms with Gasteiger partial charge in [-0.15, -0.1) is 0 Å². The van der Waals surface area contributed by atoms with Crippen molar-refractivity contribution in [1.29, 1.82) is 0 Å². The molecule has 4 aromatic rings. The van der Waals surface area contributed by atoms with Gasteiger partial charge in [0.25, 0.3) is 0 Å². The number of hydrogen-bond acceptors (Lipinski definition) is 8. The quantitative estimate of drug-likeness (QED) is 0.383. The second-order valence-electron chi connectivity index (χ2n) is 7.84. The molecule has 4 heterocycles. The number of aliphatic hydroxyl groups is 1. The van der Waals surface area contributed by atoms with Crippen LogP contribution in [0.5, 0.6) is 0 Å². The van der Waals surface area contributed by atoms with E-state index in [2.05, 4.69) is 25.3 Å². The van der Waals surface area contributed by atoms with Gasteiger partial charge in [0.1, 0.15) is 5.82 Å². The maximum Gasteiger partial charge on any atom is 0.223 e. The number of pyridine rings is 1. The van der Waals surface area contributed by atoms with Gasteiger partial charge >= 0.3 is 0 Å². The van der Waals surface area contributed by atoms with E-state index in [1.54, 1.807) is 30.6 Å². The summed E-state index contributed by atoms with van der Waals surface area (Å²) in [5.41, 5.74) is 3.38. The second-order valence-corrected chi connectivity index (χ2v) is 7.84. The molecule has 1 aliphatic rings. The van der Waals surface area contributed by atoms with E-state index < -0.39 is 6.29 Å². The van der Waals surface area contributed by atoms with E-state index in [0.717, 1.165) is 5.69 Å². The summed E-state index contributed by atoms with van der Waals surface area (Å²) in [6, 6.07) is 13.5. The Morgan fingerprint density at radius 2 is 1.82 bits per heavy atom. The monoisotopic (exact) mass is 462 g/mol. The molecule has 0 radical (unpaired) electrons. The van der Waals surface area contributed by atoms with Crippen molar-refractivity contribution in [2.24, 2.45) is 5.92 Å². The molecule has 34 heavy (non-hydrogen) atoms. The van der Waals surface area contributed by atoms with Gasteiger partial charge in [0.15, 0.2) is 5.82 Å². The molecule has 1 aromatic carbocycles. The first-order chi connectivity index (χ1) is 16.7. The third-order valence-corrected chi connectivity index (χ3v) is 5.35. The fourth-order valence-electron chi connectivity index (χ4n) is 3.57. The van der Waals surface area contributed by atoms with Crippen molar-refractivity contribution in [1.82, 2.24) is 24.9 Å². The van der Waals surface area contributed by atoms with Crippen molar-refractivity contribution in [3.05, 3.63) is 78.3 Å². The van der Waals surface area contributed by atoms with Crippen LogP contribution in [0, 0.1) is 11.7 Å². The number of nitrogens with zero attached hydrogens (tertiary/aromatic N) is 4. The maximum absolute atomic E-state index is 13.5. The third kappa shape index (κ3) is 4.93. The number of aromatic amines is 1. The van der Waals surface area contributed by atoms with Gasteiger partial charge in [-0.1, -0.05) is 6.07 Å². The van der Waals surface area contributed by atoms with Gasteiger partial charge in [-0.3, -0.25) is 4.98 Å². The number of ether oxygens (including phenoxy) is 2. The van der Waals surface area contributed by atoms with E-state index in [-0.39, 0.29) is 18.3 Å². The average molecular weight is 462 g/mol. The first-order valence-electron chi connectivity index (χ1n) is 10.9. The topological polar surface area (TPSA) is 118 Å². The largest absolute Gasteiger partial charge is 0.396 e. The summed E-state index contributed by atoms with van der Waals surface area (Å²) in [6.07, 6.45) is 2.67. The number of aromatic nitrogens is 5. The highest BCUT2D eigenvalue weighted by molar-refractivity contribution is 5.77. The van der Waals surface area contributed by atoms with Crippen molar-refractivity contribution in [2.75, 3.05) is 25.1 Å². The van der Waals surface area contributed by atoms with Gasteiger partial charge in [0.2, 0.25) is 12.2 Å². The van der Waals surface area contributed by atoms with Crippen LogP contribution in [0.4, 0.5) is 10.3 Å². The molecule has 3 aromatic heterocycles. The molecule has 0 saturated carbocycles. The lowest BCUT2D eigenvalue weighted by Crippen LogP contribution is -2.29. The Labute approximate surface area is 195 Å². The standard InChI is InChI=1S/C24H23FN6O3/c25-17-6-4-16(5-7-17)20-21(31-22(30-20)23-33-13-15(12-32)14-34-23)19-8-10-27-24(29-19)28-11-18-3-1-2-9-26-18/h1-10,15,23,32H,11-14H2,(H,30,31)(H,27,28,29). The predicted octanol–water partition coefficient (Wildman–Crippen LogP) is 3.33. The summed E-state index contributed by atoms with van der Waals surface area (Å²) < 4.78 is 25.0. The van der Waals surface area contributed by atoms with Crippen molar-refractivity contribution >= 4 is 5.95 Å². The summed E-state index contributed by atoms with van der Waals surface area (Å²) >= 11 is 0.